The minimum absolute atomic E-state index is 0.124. The van der Waals surface area contributed by atoms with Crippen molar-refractivity contribution >= 4 is 27.5 Å². The summed E-state index contributed by atoms with van der Waals surface area (Å²) >= 11 is 3.87. The molecule has 7 atom stereocenters. The third kappa shape index (κ3) is 1.78. The average molecular weight is 365 g/mol. The molecule has 0 radical (unpaired) electrons. The molecule has 0 heterocycles. The molecule has 0 aromatic heterocycles. The van der Waals surface area contributed by atoms with Crippen molar-refractivity contribution in [1.82, 2.24) is 0 Å². The molecule has 0 spiro atoms. The molecule has 4 aliphatic carbocycles. The second-order valence-electron chi connectivity index (χ2n) is 8.57. The third-order valence-electron chi connectivity index (χ3n) is 7.74. The van der Waals surface area contributed by atoms with E-state index in [1.807, 2.05) is 6.08 Å². The largest absolute Gasteiger partial charge is 0.290 e. The molecule has 2 nitrogen and oxygen atoms in total. The molecule has 120 valence electrons. The maximum absolute atomic E-state index is 12.8. The lowest BCUT2D eigenvalue weighted by Gasteiger charge is -2.58. The van der Waals surface area contributed by atoms with E-state index in [4.69, 9.17) is 0 Å². The molecule has 0 bridgehead atoms. The molecule has 3 saturated carbocycles. The number of carbonyl (C=O) groups excluding carboxylic acids is 2. The van der Waals surface area contributed by atoms with Gasteiger partial charge in [-0.3, -0.25) is 9.59 Å². The smallest absolute Gasteiger partial charge is 0.221 e. The molecule has 4 rings (SSSR count). The summed E-state index contributed by atoms with van der Waals surface area (Å²) in [6.07, 6.45) is 11.1. The van der Waals surface area contributed by atoms with Crippen molar-refractivity contribution < 1.29 is 9.59 Å². The zero-order valence-corrected chi connectivity index (χ0v) is 15.1. The van der Waals surface area contributed by atoms with Crippen LogP contribution in [-0.4, -0.2) is 16.4 Å². The van der Waals surface area contributed by atoms with Crippen LogP contribution in [-0.2, 0) is 9.59 Å². The minimum Gasteiger partial charge on any atom is -0.290 e. The number of Topliss-reactive ketones (excluding diaryl/α,β-unsaturated/α-hetero) is 1. The molecular formula is C19H25BrO2. The molecule has 1 unspecified atom stereocenters. The van der Waals surface area contributed by atoms with Crippen LogP contribution < -0.4 is 0 Å². The fourth-order valence-electron chi connectivity index (χ4n) is 6.56. The van der Waals surface area contributed by atoms with Crippen LogP contribution >= 0.6 is 15.9 Å². The second-order valence-corrected chi connectivity index (χ2v) is 9.75. The van der Waals surface area contributed by atoms with Crippen LogP contribution in [0.25, 0.3) is 0 Å². The van der Waals surface area contributed by atoms with Gasteiger partial charge in [-0.15, -0.1) is 0 Å². The van der Waals surface area contributed by atoms with Gasteiger partial charge in [0.2, 0.25) is 11.6 Å². The number of carbonyl (C=O) groups is 2. The van der Waals surface area contributed by atoms with Gasteiger partial charge in [0.15, 0.2) is 0 Å². The standard InChI is InChI=1S/C19H25BrO2/c1-18-8-3-4-12(18)11-10-15(20)14-5-6-16(21)17(22)19(14,2)13(11)7-9-18/h5-6,11-15H,3-4,7-10H2,1-2H3/t11-,12-,13-,14?,15+,18-,19+/m0/s1. The highest BCUT2D eigenvalue weighted by atomic mass is 79.9. The summed E-state index contributed by atoms with van der Waals surface area (Å²) in [5.74, 6) is 1.53. The Morgan fingerprint density at radius 3 is 2.68 bits per heavy atom. The molecule has 4 aliphatic rings. The van der Waals surface area contributed by atoms with E-state index in [0.717, 1.165) is 18.8 Å². The van der Waals surface area contributed by atoms with Gasteiger partial charge in [0.05, 0.1) is 0 Å². The van der Waals surface area contributed by atoms with Crippen LogP contribution in [0.3, 0.4) is 0 Å². The monoisotopic (exact) mass is 364 g/mol. The Morgan fingerprint density at radius 2 is 1.91 bits per heavy atom. The SMILES string of the molecule is C[C@@]12CCC[C@H]1[C@@H]1C[C@@H](Br)C3C=CC(=O)C(=O)[C@]3(C)[C@H]1CC2. The van der Waals surface area contributed by atoms with Gasteiger partial charge in [0, 0.05) is 16.2 Å². The highest BCUT2D eigenvalue weighted by Crippen LogP contribution is 2.65. The van der Waals surface area contributed by atoms with E-state index in [0.29, 0.717) is 22.1 Å². The quantitative estimate of drug-likeness (QED) is 0.473. The van der Waals surface area contributed by atoms with E-state index in [1.54, 1.807) is 0 Å². The number of fused-ring (bicyclic) bond motifs is 5. The van der Waals surface area contributed by atoms with E-state index < -0.39 is 5.41 Å². The number of rotatable bonds is 0. The van der Waals surface area contributed by atoms with E-state index in [-0.39, 0.29) is 17.5 Å². The Balaban J connectivity index is 1.78. The summed E-state index contributed by atoms with van der Waals surface area (Å²) in [6, 6.07) is 0. The summed E-state index contributed by atoms with van der Waals surface area (Å²) in [5, 5.41) is 0. The normalized spacial score (nSPS) is 53.9. The number of hydrogen-bond acceptors (Lipinski definition) is 2. The topological polar surface area (TPSA) is 34.1 Å². The second kappa shape index (κ2) is 4.78. The van der Waals surface area contributed by atoms with Crippen molar-refractivity contribution in [3.63, 3.8) is 0 Å². The Kier molecular flexibility index (Phi) is 3.28. The van der Waals surface area contributed by atoms with Crippen molar-refractivity contribution in [3.05, 3.63) is 12.2 Å². The molecule has 22 heavy (non-hydrogen) atoms. The number of alkyl halides is 1. The van der Waals surface area contributed by atoms with Crippen LogP contribution in [0.5, 0.6) is 0 Å². The van der Waals surface area contributed by atoms with Crippen LogP contribution in [0.4, 0.5) is 0 Å². The van der Waals surface area contributed by atoms with E-state index >= 15 is 0 Å². The lowest BCUT2D eigenvalue weighted by Crippen LogP contribution is -2.59. The number of hydrogen-bond donors (Lipinski definition) is 0. The molecule has 0 saturated heterocycles. The fraction of sp³-hybridized carbons (Fsp3) is 0.789. The summed E-state index contributed by atoms with van der Waals surface area (Å²) < 4.78 is 0. The maximum Gasteiger partial charge on any atom is 0.221 e. The Hall–Kier alpha value is -0.440. The lowest BCUT2D eigenvalue weighted by molar-refractivity contribution is -0.153. The van der Waals surface area contributed by atoms with Gasteiger partial charge in [0.25, 0.3) is 0 Å². The molecule has 0 aromatic rings. The minimum atomic E-state index is -0.479. The van der Waals surface area contributed by atoms with E-state index in [9.17, 15) is 9.59 Å². The highest BCUT2D eigenvalue weighted by Gasteiger charge is 2.62. The van der Waals surface area contributed by atoms with E-state index in [2.05, 4.69) is 29.8 Å². The maximum atomic E-state index is 12.8. The van der Waals surface area contributed by atoms with Gasteiger partial charge in [-0.25, -0.2) is 0 Å². The lowest BCUT2D eigenvalue weighted by atomic mass is 9.46. The molecule has 3 heteroatoms. The van der Waals surface area contributed by atoms with Gasteiger partial charge >= 0.3 is 0 Å². The summed E-state index contributed by atoms with van der Waals surface area (Å²) in [5.41, 5.74) is 0.00147. The predicted octanol–water partition coefficient (Wildman–Crippen LogP) is 4.32. The van der Waals surface area contributed by atoms with Crippen LogP contribution in [0.1, 0.15) is 52.4 Å². The molecular weight excluding hydrogens is 340 g/mol. The number of halogens is 1. The Morgan fingerprint density at radius 1 is 1.14 bits per heavy atom. The first-order valence-electron chi connectivity index (χ1n) is 8.79. The molecule has 0 amide bonds. The van der Waals surface area contributed by atoms with Gasteiger partial charge in [-0.05, 0) is 61.3 Å². The first kappa shape index (κ1) is 15.1. The average Bonchev–Trinajstić information content (AvgIpc) is 2.86. The first-order valence-corrected chi connectivity index (χ1v) is 9.70. The summed E-state index contributed by atoms with van der Waals surface area (Å²) in [7, 11) is 0. The van der Waals surface area contributed by atoms with Gasteiger partial charge in [0.1, 0.15) is 0 Å². The Bertz CT molecular complexity index is 568. The summed E-state index contributed by atoms with van der Waals surface area (Å²) in [6.45, 7) is 4.55. The molecule has 0 aliphatic heterocycles. The van der Waals surface area contributed by atoms with Crippen molar-refractivity contribution in [2.45, 2.75) is 57.2 Å². The van der Waals surface area contributed by atoms with Crippen LogP contribution in [0, 0.1) is 34.5 Å². The molecule has 0 aromatic carbocycles. The third-order valence-corrected chi connectivity index (χ3v) is 8.68. The number of allylic oxidation sites excluding steroid dienone is 2. The Labute approximate surface area is 141 Å². The molecule has 0 N–H and O–H groups in total. The zero-order chi connectivity index (χ0) is 15.7. The summed E-state index contributed by atoms with van der Waals surface area (Å²) in [4.78, 5) is 25.2. The fourth-order valence-corrected chi connectivity index (χ4v) is 7.71. The number of ketones is 2. The van der Waals surface area contributed by atoms with Gasteiger partial charge in [-0.2, -0.15) is 0 Å². The zero-order valence-electron chi connectivity index (χ0n) is 13.5. The van der Waals surface area contributed by atoms with Crippen molar-refractivity contribution in [3.8, 4) is 0 Å². The van der Waals surface area contributed by atoms with Crippen molar-refractivity contribution in [1.29, 1.82) is 0 Å². The van der Waals surface area contributed by atoms with Gasteiger partial charge < -0.3 is 0 Å². The first-order chi connectivity index (χ1) is 10.4. The van der Waals surface area contributed by atoms with Gasteiger partial charge in [-0.1, -0.05) is 42.3 Å². The van der Waals surface area contributed by atoms with Crippen molar-refractivity contribution in [2.24, 2.45) is 34.5 Å². The molecule has 3 fully saturated rings. The van der Waals surface area contributed by atoms with Crippen LogP contribution in [0.2, 0.25) is 0 Å². The highest BCUT2D eigenvalue weighted by molar-refractivity contribution is 9.09. The van der Waals surface area contributed by atoms with E-state index in [1.165, 1.54) is 31.8 Å². The van der Waals surface area contributed by atoms with Crippen LogP contribution in [0.15, 0.2) is 12.2 Å². The van der Waals surface area contributed by atoms with Crippen molar-refractivity contribution in [2.75, 3.05) is 0 Å². The predicted molar refractivity (Wildman–Crippen MR) is 89.7 cm³/mol.